The van der Waals surface area contributed by atoms with Crippen LogP contribution in [0.25, 0.3) is 0 Å². The molecule has 1 heterocycles. The molecule has 0 atom stereocenters. The summed E-state index contributed by atoms with van der Waals surface area (Å²) in [6.45, 7) is -0.540. The number of hydrogen-bond acceptors (Lipinski definition) is 6. The van der Waals surface area contributed by atoms with E-state index in [9.17, 15) is 14.4 Å². The zero-order chi connectivity index (χ0) is 15.0. The van der Waals surface area contributed by atoms with Crippen molar-refractivity contribution in [2.24, 2.45) is 7.05 Å². The number of carbonyl (C=O) groups excluding carboxylic acids is 3. The van der Waals surface area contributed by atoms with Crippen LogP contribution in [-0.2, 0) is 30.8 Å². The van der Waals surface area contributed by atoms with Gasteiger partial charge in [-0.3, -0.25) is 0 Å². The molecule has 114 valence electrons. The van der Waals surface area contributed by atoms with Crippen LogP contribution in [0.1, 0.15) is 10.4 Å². The third-order valence-electron chi connectivity index (χ3n) is 2.12. The van der Waals surface area contributed by atoms with Crippen LogP contribution in [0.4, 0.5) is 0 Å². The molecule has 0 saturated heterocycles. The molecule has 0 bridgehead atoms. The van der Waals surface area contributed by atoms with Crippen molar-refractivity contribution in [1.29, 1.82) is 0 Å². The van der Waals surface area contributed by atoms with Crippen molar-refractivity contribution in [3.8, 4) is 0 Å². The zero-order valence-corrected chi connectivity index (χ0v) is 13.6. The minimum atomic E-state index is -0.818. The molecule has 0 aliphatic carbocycles. The molecule has 21 heavy (non-hydrogen) atoms. The van der Waals surface area contributed by atoms with E-state index in [-0.39, 0.29) is 24.0 Å². The molecule has 0 amide bonds. The average Bonchev–Trinajstić information content (AvgIpc) is 2.44. The minimum Gasteiger partial charge on any atom is -1.00 e. The van der Waals surface area contributed by atoms with Gasteiger partial charge in [-0.1, -0.05) is 0 Å². The molecule has 0 radical (unpaired) electrons. The third-order valence-corrected chi connectivity index (χ3v) is 2.12. The first-order valence-corrected chi connectivity index (χ1v) is 5.58. The third kappa shape index (κ3) is 7.40. The first-order chi connectivity index (χ1) is 9.52. The van der Waals surface area contributed by atoms with Crippen LogP contribution < -0.4 is 28.5 Å². The highest BCUT2D eigenvalue weighted by atomic mass is 127. The second-order valence-corrected chi connectivity index (χ2v) is 3.63. The largest absolute Gasteiger partial charge is 1.00 e. The van der Waals surface area contributed by atoms with Gasteiger partial charge in [-0.2, -0.15) is 0 Å². The minimum absolute atomic E-state index is 0. The summed E-state index contributed by atoms with van der Waals surface area (Å²) in [5.41, 5.74) is 0.330. The van der Waals surface area contributed by atoms with Gasteiger partial charge in [0.15, 0.2) is 12.4 Å². The van der Waals surface area contributed by atoms with Gasteiger partial charge >= 0.3 is 17.9 Å². The number of carbonyl (C=O) groups is 3. The lowest BCUT2D eigenvalue weighted by molar-refractivity contribution is -0.671. The highest BCUT2D eigenvalue weighted by molar-refractivity contribution is 5.91. The van der Waals surface area contributed by atoms with E-state index in [1.807, 2.05) is 0 Å². The van der Waals surface area contributed by atoms with Gasteiger partial charge in [0, 0.05) is 18.2 Å². The molecular weight excluding hydrogens is 393 g/mol. The normalized spacial score (nSPS) is 9.62. The van der Waals surface area contributed by atoms with Crippen molar-refractivity contribution in [1.82, 2.24) is 0 Å². The Kier molecular flexibility index (Phi) is 8.93. The van der Waals surface area contributed by atoms with Gasteiger partial charge in [0.25, 0.3) is 0 Å². The summed E-state index contributed by atoms with van der Waals surface area (Å²) in [6, 6.07) is 3.25. The molecule has 1 aromatic heterocycles. The van der Waals surface area contributed by atoms with Crippen LogP contribution in [-0.4, -0.2) is 31.8 Å². The lowest BCUT2D eigenvalue weighted by Gasteiger charge is -2.03. The SMILES string of the molecule is COC(=O)C=CC(=O)OCOC(=O)c1ccc[n+](C)c1.[I-]. The molecule has 8 heteroatoms. The number of aromatic nitrogens is 1. The Bertz CT molecular complexity index is 543. The summed E-state index contributed by atoms with van der Waals surface area (Å²) >= 11 is 0. The Morgan fingerprint density at radius 2 is 1.86 bits per heavy atom. The number of hydrogen-bond donors (Lipinski definition) is 0. The van der Waals surface area contributed by atoms with Crippen molar-refractivity contribution in [2.75, 3.05) is 13.9 Å². The Balaban J connectivity index is 0.00000400. The molecule has 0 aromatic carbocycles. The van der Waals surface area contributed by atoms with E-state index in [1.54, 1.807) is 36.1 Å². The summed E-state index contributed by atoms with van der Waals surface area (Å²) < 4.78 is 15.3. The van der Waals surface area contributed by atoms with Crippen molar-refractivity contribution in [3.05, 3.63) is 42.2 Å². The van der Waals surface area contributed by atoms with Gasteiger partial charge in [-0.15, -0.1) is 0 Å². The first-order valence-electron chi connectivity index (χ1n) is 5.58. The van der Waals surface area contributed by atoms with Crippen LogP contribution >= 0.6 is 0 Å². The van der Waals surface area contributed by atoms with Gasteiger partial charge in [-0.25, -0.2) is 19.0 Å². The van der Waals surface area contributed by atoms with Crippen molar-refractivity contribution >= 4 is 17.9 Å². The highest BCUT2D eigenvalue weighted by Gasteiger charge is 2.11. The molecule has 0 unspecified atom stereocenters. The Morgan fingerprint density at radius 1 is 1.19 bits per heavy atom. The molecule has 0 aliphatic heterocycles. The number of aryl methyl sites for hydroxylation is 1. The van der Waals surface area contributed by atoms with E-state index in [1.165, 1.54) is 7.11 Å². The number of esters is 3. The van der Waals surface area contributed by atoms with Gasteiger partial charge in [0.05, 0.1) is 7.11 Å². The van der Waals surface area contributed by atoms with E-state index in [2.05, 4.69) is 9.47 Å². The Morgan fingerprint density at radius 3 is 2.48 bits per heavy atom. The molecule has 0 aliphatic rings. The standard InChI is InChI=1S/C13H14NO6.HI/c1-14-7-3-4-10(8-14)13(17)20-9-19-12(16)6-5-11(15)18-2;/h3-8H,9H2,1-2H3;1H/q+1;/p-1. The average molecular weight is 407 g/mol. The van der Waals surface area contributed by atoms with Crippen LogP contribution in [0.2, 0.25) is 0 Å². The van der Waals surface area contributed by atoms with Crippen LogP contribution in [0.3, 0.4) is 0 Å². The van der Waals surface area contributed by atoms with Crippen LogP contribution in [0, 0.1) is 0 Å². The molecule has 0 saturated carbocycles. The Hall–Kier alpha value is -1.97. The highest BCUT2D eigenvalue weighted by Crippen LogP contribution is 1.98. The fourth-order valence-corrected chi connectivity index (χ4v) is 1.19. The number of nitrogens with zero attached hydrogens (tertiary/aromatic N) is 1. The molecule has 0 spiro atoms. The number of methoxy groups -OCH3 is 1. The maximum absolute atomic E-state index is 11.6. The van der Waals surface area contributed by atoms with E-state index >= 15 is 0 Å². The molecule has 0 N–H and O–H groups in total. The fourth-order valence-electron chi connectivity index (χ4n) is 1.19. The van der Waals surface area contributed by atoms with Crippen LogP contribution in [0.5, 0.6) is 0 Å². The topological polar surface area (TPSA) is 82.8 Å². The fraction of sp³-hybridized carbons (Fsp3) is 0.231. The van der Waals surface area contributed by atoms with E-state index < -0.39 is 24.7 Å². The number of rotatable bonds is 5. The molecule has 1 rings (SSSR count). The lowest BCUT2D eigenvalue weighted by atomic mass is 10.3. The maximum Gasteiger partial charge on any atom is 0.347 e. The lowest BCUT2D eigenvalue weighted by Crippen LogP contribution is -3.00. The van der Waals surface area contributed by atoms with E-state index in [0.29, 0.717) is 5.56 Å². The summed E-state index contributed by atoms with van der Waals surface area (Å²) in [4.78, 5) is 33.4. The predicted octanol–water partition coefficient (Wildman–Crippen LogP) is -3.10. The summed E-state index contributed by atoms with van der Waals surface area (Å²) in [7, 11) is 2.94. The van der Waals surface area contributed by atoms with Crippen LogP contribution in [0.15, 0.2) is 36.7 Å². The summed E-state index contributed by atoms with van der Waals surface area (Å²) in [5, 5.41) is 0. The Labute approximate surface area is 138 Å². The number of pyridine rings is 1. The molecule has 7 nitrogen and oxygen atoms in total. The smallest absolute Gasteiger partial charge is 0.347 e. The number of halogens is 1. The monoisotopic (exact) mass is 407 g/mol. The zero-order valence-electron chi connectivity index (χ0n) is 11.4. The maximum atomic E-state index is 11.6. The summed E-state index contributed by atoms with van der Waals surface area (Å²) in [6.07, 6.45) is 5.11. The first kappa shape index (κ1) is 19.0. The van der Waals surface area contributed by atoms with E-state index in [0.717, 1.165) is 12.2 Å². The van der Waals surface area contributed by atoms with Crippen molar-refractivity contribution in [3.63, 3.8) is 0 Å². The molecule has 1 aromatic rings. The second kappa shape index (κ2) is 9.86. The predicted molar refractivity (Wildman–Crippen MR) is 65.1 cm³/mol. The van der Waals surface area contributed by atoms with Crippen molar-refractivity contribution < 1.29 is 57.1 Å². The van der Waals surface area contributed by atoms with Gasteiger partial charge in [0.1, 0.15) is 12.6 Å². The number of ether oxygens (including phenoxy) is 3. The van der Waals surface area contributed by atoms with Gasteiger partial charge < -0.3 is 38.2 Å². The quantitative estimate of drug-likeness (QED) is 0.169. The molecular formula is C13H14INO6. The van der Waals surface area contributed by atoms with Gasteiger partial charge in [0.2, 0.25) is 6.79 Å². The second-order valence-electron chi connectivity index (χ2n) is 3.63. The van der Waals surface area contributed by atoms with E-state index in [4.69, 9.17) is 4.74 Å². The molecule has 0 fully saturated rings. The van der Waals surface area contributed by atoms with Gasteiger partial charge in [-0.05, 0) is 6.07 Å². The van der Waals surface area contributed by atoms with Crippen molar-refractivity contribution in [2.45, 2.75) is 0 Å². The summed E-state index contributed by atoms with van der Waals surface area (Å²) in [5.74, 6) is -2.12.